The molecule has 0 radical (unpaired) electrons. The number of unbranched alkanes of at least 4 members (excludes halogenated alkanes) is 1. The smallest absolute Gasteiger partial charge is 0.224 e. The molecule has 0 unspecified atom stereocenters. The highest BCUT2D eigenvalue weighted by molar-refractivity contribution is 5.81. The summed E-state index contributed by atoms with van der Waals surface area (Å²) in [6, 6.07) is 8.20. The Bertz CT molecular complexity index is 713. The van der Waals surface area contributed by atoms with Crippen LogP contribution in [-0.2, 0) is 11.3 Å². The van der Waals surface area contributed by atoms with E-state index in [1.54, 1.807) is 0 Å². The monoisotopic (exact) mass is 344 g/mol. The van der Waals surface area contributed by atoms with Crippen molar-refractivity contribution in [1.29, 1.82) is 0 Å². The number of carbonyl (C=O) groups excluding carboxylic acids is 1. The van der Waals surface area contributed by atoms with Gasteiger partial charge in [-0.3, -0.25) is 4.79 Å². The summed E-state index contributed by atoms with van der Waals surface area (Å²) >= 11 is 0. The van der Waals surface area contributed by atoms with Crippen LogP contribution < -0.4 is 10.2 Å². The van der Waals surface area contributed by atoms with E-state index in [-0.39, 0.29) is 18.4 Å². The second kappa shape index (κ2) is 8.34. The van der Waals surface area contributed by atoms with Crippen LogP contribution in [0.3, 0.4) is 0 Å². The normalized spacial score (nSPS) is 17.8. The third-order valence-corrected chi connectivity index (χ3v) is 4.91. The summed E-state index contributed by atoms with van der Waals surface area (Å²) in [5.41, 5.74) is 2.16. The van der Waals surface area contributed by atoms with E-state index in [4.69, 9.17) is 10.1 Å². The van der Waals surface area contributed by atoms with E-state index < -0.39 is 0 Å². The van der Waals surface area contributed by atoms with Crippen LogP contribution in [0.25, 0.3) is 11.0 Å². The van der Waals surface area contributed by atoms with Crippen molar-refractivity contribution < 1.29 is 9.90 Å². The Morgan fingerprint density at radius 3 is 3.00 bits per heavy atom. The SMILES string of the molecule is CCn1c(N2CCC[C@H](C(=O)NCCCCO)C2)nc2ccccc21. The van der Waals surface area contributed by atoms with Gasteiger partial charge in [-0.15, -0.1) is 0 Å². The maximum atomic E-state index is 12.4. The summed E-state index contributed by atoms with van der Waals surface area (Å²) in [7, 11) is 0. The molecule has 1 aliphatic heterocycles. The number of carbonyl (C=O) groups is 1. The highest BCUT2D eigenvalue weighted by atomic mass is 16.3. The van der Waals surface area contributed by atoms with Gasteiger partial charge < -0.3 is 19.9 Å². The van der Waals surface area contributed by atoms with Gasteiger partial charge in [0.05, 0.1) is 17.0 Å². The highest BCUT2D eigenvalue weighted by Gasteiger charge is 2.28. The van der Waals surface area contributed by atoms with Gasteiger partial charge in [0.1, 0.15) is 0 Å². The van der Waals surface area contributed by atoms with E-state index in [1.807, 2.05) is 18.2 Å². The minimum Gasteiger partial charge on any atom is -0.396 e. The first-order valence-corrected chi connectivity index (χ1v) is 9.33. The van der Waals surface area contributed by atoms with Crippen LogP contribution in [0.2, 0.25) is 0 Å². The van der Waals surface area contributed by atoms with Gasteiger partial charge >= 0.3 is 0 Å². The molecule has 1 amide bonds. The second-order valence-electron chi connectivity index (χ2n) is 6.65. The van der Waals surface area contributed by atoms with Gasteiger partial charge in [-0.1, -0.05) is 12.1 Å². The molecule has 0 saturated carbocycles. The van der Waals surface area contributed by atoms with Crippen LogP contribution in [0.4, 0.5) is 5.95 Å². The van der Waals surface area contributed by atoms with Crippen molar-refractivity contribution in [1.82, 2.24) is 14.9 Å². The topological polar surface area (TPSA) is 70.4 Å². The molecule has 2 heterocycles. The number of amides is 1. The van der Waals surface area contributed by atoms with Gasteiger partial charge in [0.25, 0.3) is 0 Å². The highest BCUT2D eigenvalue weighted by Crippen LogP contribution is 2.27. The lowest BCUT2D eigenvalue weighted by atomic mass is 9.97. The first-order chi connectivity index (χ1) is 12.2. The lowest BCUT2D eigenvalue weighted by molar-refractivity contribution is -0.125. The first-order valence-electron chi connectivity index (χ1n) is 9.33. The van der Waals surface area contributed by atoms with Crippen LogP contribution in [0, 0.1) is 5.92 Å². The van der Waals surface area contributed by atoms with Crippen LogP contribution in [-0.4, -0.2) is 46.8 Å². The lowest BCUT2D eigenvalue weighted by Crippen LogP contribution is -2.44. The molecule has 1 atom stereocenters. The average molecular weight is 344 g/mol. The molecule has 136 valence electrons. The molecular weight excluding hydrogens is 316 g/mol. The molecule has 6 heteroatoms. The number of aliphatic hydroxyl groups is 1. The Hall–Kier alpha value is -2.08. The zero-order valence-electron chi connectivity index (χ0n) is 14.9. The van der Waals surface area contributed by atoms with Crippen molar-refractivity contribution in [2.24, 2.45) is 5.92 Å². The number of piperidine rings is 1. The Labute approximate surface area is 148 Å². The van der Waals surface area contributed by atoms with Crippen molar-refractivity contribution in [3.8, 4) is 0 Å². The number of rotatable bonds is 7. The summed E-state index contributed by atoms with van der Waals surface area (Å²) in [4.78, 5) is 19.5. The van der Waals surface area contributed by atoms with E-state index in [0.717, 1.165) is 62.3 Å². The van der Waals surface area contributed by atoms with Crippen LogP contribution in [0.15, 0.2) is 24.3 Å². The fraction of sp³-hybridized carbons (Fsp3) is 0.579. The van der Waals surface area contributed by atoms with Crippen LogP contribution >= 0.6 is 0 Å². The number of aliphatic hydroxyl groups excluding tert-OH is 1. The number of hydrogen-bond acceptors (Lipinski definition) is 4. The Morgan fingerprint density at radius 1 is 1.36 bits per heavy atom. The zero-order valence-corrected chi connectivity index (χ0v) is 14.9. The molecule has 1 aromatic heterocycles. The molecule has 1 aromatic carbocycles. The van der Waals surface area contributed by atoms with E-state index in [1.165, 1.54) is 0 Å². The number of aromatic nitrogens is 2. The average Bonchev–Trinajstić information content (AvgIpc) is 3.04. The van der Waals surface area contributed by atoms with Crippen molar-refractivity contribution in [3.63, 3.8) is 0 Å². The predicted octanol–water partition coefficient (Wildman–Crippen LogP) is 2.16. The zero-order chi connectivity index (χ0) is 17.6. The number of para-hydroxylation sites is 2. The number of aryl methyl sites for hydroxylation is 1. The summed E-state index contributed by atoms with van der Waals surface area (Å²) in [6.07, 6.45) is 3.48. The summed E-state index contributed by atoms with van der Waals surface area (Å²) < 4.78 is 2.23. The number of nitrogens with zero attached hydrogens (tertiary/aromatic N) is 3. The molecule has 6 nitrogen and oxygen atoms in total. The lowest BCUT2D eigenvalue weighted by Gasteiger charge is -2.33. The van der Waals surface area contributed by atoms with Crippen molar-refractivity contribution in [2.45, 2.75) is 39.2 Å². The molecule has 0 aliphatic carbocycles. The molecular formula is C19H28N4O2. The fourth-order valence-corrected chi connectivity index (χ4v) is 3.58. The summed E-state index contributed by atoms with van der Waals surface area (Å²) in [5, 5.41) is 11.8. The maximum Gasteiger partial charge on any atom is 0.224 e. The number of anilines is 1. The van der Waals surface area contributed by atoms with E-state index >= 15 is 0 Å². The van der Waals surface area contributed by atoms with Gasteiger partial charge in [-0.25, -0.2) is 4.98 Å². The fourth-order valence-electron chi connectivity index (χ4n) is 3.58. The molecule has 0 spiro atoms. The summed E-state index contributed by atoms with van der Waals surface area (Å²) in [6.45, 7) is 5.48. The van der Waals surface area contributed by atoms with E-state index in [9.17, 15) is 4.79 Å². The molecule has 2 N–H and O–H groups in total. The largest absolute Gasteiger partial charge is 0.396 e. The molecule has 1 aliphatic rings. The maximum absolute atomic E-state index is 12.4. The van der Waals surface area contributed by atoms with Crippen molar-refractivity contribution >= 4 is 22.9 Å². The number of hydrogen-bond donors (Lipinski definition) is 2. The number of fused-ring (bicyclic) bond motifs is 1. The van der Waals surface area contributed by atoms with E-state index in [0.29, 0.717) is 6.54 Å². The van der Waals surface area contributed by atoms with Crippen molar-refractivity contribution in [3.05, 3.63) is 24.3 Å². The summed E-state index contributed by atoms with van der Waals surface area (Å²) in [5.74, 6) is 1.11. The predicted molar refractivity (Wildman–Crippen MR) is 99.7 cm³/mol. The van der Waals surface area contributed by atoms with Crippen molar-refractivity contribution in [2.75, 3.05) is 31.1 Å². The first kappa shape index (κ1) is 17.7. The Balaban J connectivity index is 1.70. The van der Waals surface area contributed by atoms with Gasteiger partial charge in [-0.05, 0) is 44.7 Å². The Kier molecular flexibility index (Phi) is 5.91. The molecule has 2 aromatic rings. The number of nitrogens with one attached hydrogen (secondary N) is 1. The molecule has 1 saturated heterocycles. The van der Waals surface area contributed by atoms with Gasteiger partial charge in [-0.2, -0.15) is 0 Å². The van der Waals surface area contributed by atoms with Crippen LogP contribution in [0.1, 0.15) is 32.6 Å². The van der Waals surface area contributed by atoms with Gasteiger partial charge in [0, 0.05) is 32.8 Å². The van der Waals surface area contributed by atoms with Gasteiger partial charge in [0.15, 0.2) is 0 Å². The molecule has 3 rings (SSSR count). The van der Waals surface area contributed by atoms with E-state index in [2.05, 4.69) is 27.8 Å². The third-order valence-electron chi connectivity index (χ3n) is 4.91. The third kappa shape index (κ3) is 3.95. The molecule has 1 fully saturated rings. The number of imidazole rings is 1. The van der Waals surface area contributed by atoms with Gasteiger partial charge in [0.2, 0.25) is 11.9 Å². The molecule has 0 bridgehead atoms. The minimum atomic E-state index is 0.00740. The quantitative estimate of drug-likeness (QED) is 0.755. The molecule has 25 heavy (non-hydrogen) atoms. The van der Waals surface area contributed by atoms with Crippen LogP contribution in [0.5, 0.6) is 0 Å². The number of benzene rings is 1. The standard InChI is InChI=1S/C19H28N4O2/c1-2-23-17-10-4-3-9-16(17)21-19(23)22-12-7-8-15(14-22)18(25)20-11-5-6-13-24/h3-4,9-10,15,24H,2,5-8,11-14H2,1H3,(H,20,25)/t15-/m0/s1. The Morgan fingerprint density at radius 2 is 2.20 bits per heavy atom. The minimum absolute atomic E-state index is 0.00740. The second-order valence-corrected chi connectivity index (χ2v) is 6.65.